The van der Waals surface area contributed by atoms with E-state index in [1.54, 1.807) is 9.80 Å². The van der Waals surface area contributed by atoms with Crippen molar-refractivity contribution in [2.45, 2.75) is 39.2 Å². The van der Waals surface area contributed by atoms with Crippen LogP contribution in [0.1, 0.15) is 33.1 Å². The highest BCUT2D eigenvalue weighted by Crippen LogP contribution is 2.25. The zero-order valence-electron chi connectivity index (χ0n) is 12.0. The Morgan fingerprint density at radius 1 is 1.25 bits per heavy atom. The van der Waals surface area contributed by atoms with Crippen LogP contribution in [0.2, 0.25) is 0 Å². The lowest BCUT2D eigenvalue weighted by molar-refractivity contribution is -0.146. The molecular weight excluding hydrogens is 260 g/mol. The summed E-state index contributed by atoms with van der Waals surface area (Å²) < 4.78 is 0. The summed E-state index contributed by atoms with van der Waals surface area (Å²) in [5, 5.41) is 9.06. The normalized spacial score (nSPS) is 27.2. The second kappa shape index (κ2) is 5.81. The molecular formula is C14H22N2O4. The molecule has 2 unspecified atom stereocenters. The highest BCUT2D eigenvalue weighted by Gasteiger charge is 2.39. The third-order valence-corrected chi connectivity index (χ3v) is 4.21. The summed E-state index contributed by atoms with van der Waals surface area (Å²) in [5.74, 6) is -1.66. The van der Waals surface area contributed by atoms with Gasteiger partial charge in [-0.25, -0.2) is 0 Å². The first-order chi connectivity index (χ1) is 9.40. The fourth-order valence-electron chi connectivity index (χ4n) is 3.03. The van der Waals surface area contributed by atoms with Gasteiger partial charge in [0.2, 0.25) is 11.8 Å². The Hall–Kier alpha value is -1.59. The van der Waals surface area contributed by atoms with Crippen molar-refractivity contribution < 1.29 is 19.5 Å². The van der Waals surface area contributed by atoms with Crippen molar-refractivity contribution in [2.24, 2.45) is 11.8 Å². The van der Waals surface area contributed by atoms with Gasteiger partial charge in [-0.3, -0.25) is 14.4 Å². The highest BCUT2D eigenvalue weighted by atomic mass is 16.4. The van der Waals surface area contributed by atoms with Gasteiger partial charge >= 0.3 is 5.97 Å². The number of carboxylic acid groups (broad SMARTS) is 1. The average Bonchev–Trinajstić information content (AvgIpc) is 2.80. The number of amides is 2. The van der Waals surface area contributed by atoms with Gasteiger partial charge in [0.1, 0.15) is 0 Å². The molecule has 2 heterocycles. The third kappa shape index (κ3) is 2.94. The maximum Gasteiger partial charge on any atom is 0.308 e. The van der Waals surface area contributed by atoms with Crippen LogP contribution in [-0.2, 0) is 14.4 Å². The van der Waals surface area contributed by atoms with Gasteiger partial charge in [-0.15, -0.1) is 0 Å². The number of hydrogen-bond donors (Lipinski definition) is 1. The first-order valence-corrected chi connectivity index (χ1v) is 7.21. The van der Waals surface area contributed by atoms with Crippen molar-refractivity contribution in [3.05, 3.63) is 0 Å². The number of rotatable bonds is 3. The zero-order valence-corrected chi connectivity index (χ0v) is 12.0. The van der Waals surface area contributed by atoms with Gasteiger partial charge in [0.05, 0.1) is 11.8 Å². The van der Waals surface area contributed by atoms with Crippen molar-refractivity contribution in [3.8, 4) is 0 Å². The van der Waals surface area contributed by atoms with Gasteiger partial charge in [0.15, 0.2) is 0 Å². The summed E-state index contributed by atoms with van der Waals surface area (Å²) in [6.07, 6.45) is 1.60. The smallest absolute Gasteiger partial charge is 0.308 e. The van der Waals surface area contributed by atoms with E-state index in [0.29, 0.717) is 19.5 Å². The molecule has 112 valence electrons. The molecule has 2 atom stereocenters. The van der Waals surface area contributed by atoms with Gasteiger partial charge in [-0.2, -0.15) is 0 Å². The van der Waals surface area contributed by atoms with Crippen LogP contribution in [0.3, 0.4) is 0 Å². The van der Waals surface area contributed by atoms with Gasteiger partial charge < -0.3 is 14.9 Å². The molecule has 0 saturated carbocycles. The number of aliphatic carboxylic acids is 1. The van der Waals surface area contributed by atoms with E-state index in [1.165, 1.54) is 0 Å². The van der Waals surface area contributed by atoms with E-state index in [-0.39, 0.29) is 36.7 Å². The third-order valence-electron chi connectivity index (χ3n) is 4.21. The Balaban J connectivity index is 1.98. The Kier molecular flexibility index (Phi) is 4.30. The zero-order chi connectivity index (χ0) is 14.9. The molecule has 2 amide bonds. The van der Waals surface area contributed by atoms with Gasteiger partial charge in [-0.05, 0) is 26.7 Å². The molecule has 0 aromatic heterocycles. The van der Waals surface area contributed by atoms with Crippen molar-refractivity contribution >= 4 is 17.8 Å². The van der Waals surface area contributed by atoms with Crippen LogP contribution in [0, 0.1) is 11.8 Å². The molecule has 0 spiro atoms. The Morgan fingerprint density at radius 2 is 1.95 bits per heavy atom. The molecule has 2 aliphatic rings. The van der Waals surface area contributed by atoms with Crippen molar-refractivity contribution in [1.29, 1.82) is 0 Å². The first kappa shape index (κ1) is 14.8. The molecule has 0 bridgehead atoms. The number of piperidine rings is 1. The number of hydrogen-bond acceptors (Lipinski definition) is 3. The van der Waals surface area contributed by atoms with Crippen LogP contribution < -0.4 is 0 Å². The average molecular weight is 282 g/mol. The van der Waals surface area contributed by atoms with Crippen LogP contribution in [0.15, 0.2) is 0 Å². The van der Waals surface area contributed by atoms with Gasteiger partial charge in [0, 0.05) is 32.1 Å². The van der Waals surface area contributed by atoms with E-state index in [1.807, 2.05) is 13.8 Å². The number of carbonyl (C=O) groups is 3. The summed E-state index contributed by atoms with van der Waals surface area (Å²) in [6, 6.07) is 0.105. The number of nitrogens with zero attached hydrogens (tertiary/aromatic N) is 2. The molecule has 20 heavy (non-hydrogen) atoms. The van der Waals surface area contributed by atoms with E-state index in [4.69, 9.17) is 5.11 Å². The SMILES string of the molecule is CC(C)N1CC(C(=O)N2CCCC(C(=O)O)C2)CC1=O. The topological polar surface area (TPSA) is 77.9 Å². The Bertz CT molecular complexity index is 421. The predicted molar refractivity (Wildman–Crippen MR) is 71.9 cm³/mol. The summed E-state index contributed by atoms with van der Waals surface area (Å²) in [7, 11) is 0. The maximum absolute atomic E-state index is 12.4. The minimum absolute atomic E-state index is 0.0187. The molecule has 0 radical (unpaired) electrons. The molecule has 0 aromatic carbocycles. The van der Waals surface area contributed by atoms with Crippen molar-refractivity contribution in [3.63, 3.8) is 0 Å². The highest BCUT2D eigenvalue weighted by molar-refractivity contribution is 5.89. The van der Waals surface area contributed by atoms with Crippen LogP contribution >= 0.6 is 0 Å². The van der Waals surface area contributed by atoms with Crippen LogP contribution in [0.5, 0.6) is 0 Å². The monoisotopic (exact) mass is 282 g/mol. The lowest BCUT2D eigenvalue weighted by Crippen LogP contribution is -2.45. The predicted octanol–water partition coefficient (Wildman–Crippen LogP) is 0.566. The maximum atomic E-state index is 12.4. The van der Waals surface area contributed by atoms with Crippen molar-refractivity contribution in [2.75, 3.05) is 19.6 Å². The molecule has 1 N–H and O–H groups in total. The Morgan fingerprint density at radius 3 is 2.50 bits per heavy atom. The standard InChI is InChI=1S/C14H22N2O4/c1-9(2)16-8-11(6-12(16)17)13(18)15-5-3-4-10(7-15)14(19)20/h9-11H,3-8H2,1-2H3,(H,19,20). The van der Waals surface area contributed by atoms with Crippen molar-refractivity contribution in [1.82, 2.24) is 9.80 Å². The summed E-state index contributed by atoms with van der Waals surface area (Å²) >= 11 is 0. The van der Waals surface area contributed by atoms with E-state index >= 15 is 0 Å². The number of carbonyl (C=O) groups excluding carboxylic acids is 2. The quantitative estimate of drug-likeness (QED) is 0.820. The first-order valence-electron chi connectivity index (χ1n) is 7.21. The molecule has 0 aromatic rings. The van der Waals surface area contributed by atoms with E-state index < -0.39 is 11.9 Å². The second-order valence-electron chi connectivity index (χ2n) is 6.00. The molecule has 2 fully saturated rings. The largest absolute Gasteiger partial charge is 0.481 e. The second-order valence-corrected chi connectivity index (χ2v) is 6.00. The number of likely N-dealkylation sites (tertiary alicyclic amines) is 2. The minimum Gasteiger partial charge on any atom is -0.481 e. The van der Waals surface area contributed by atoms with E-state index in [9.17, 15) is 14.4 Å². The van der Waals surface area contributed by atoms with E-state index in [0.717, 1.165) is 6.42 Å². The summed E-state index contributed by atoms with van der Waals surface area (Å²) in [4.78, 5) is 38.7. The van der Waals surface area contributed by atoms with Gasteiger partial charge in [-0.1, -0.05) is 0 Å². The number of carboxylic acids is 1. The lowest BCUT2D eigenvalue weighted by Gasteiger charge is -2.32. The molecule has 2 aliphatic heterocycles. The molecule has 0 aliphatic carbocycles. The molecule has 2 saturated heterocycles. The molecule has 2 rings (SSSR count). The summed E-state index contributed by atoms with van der Waals surface area (Å²) in [5.41, 5.74) is 0. The van der Waals surface area contributed by atoms with Crippen LogP contribution in [0.25, 0.3) is 0 Å². The molecule has 6 heteroatoms. The fourth-order valence-corrected chi connectivity index (χ4v) is 3.03. The van der Waals surface area contributed by atoms with Gasteiger partial charge in [0.25, 0.3) is 0 Å². The van der Waals surface area contributed by atoms with Crippen LogP contribution in [-0.4, -0.2) is 58.4 Å². The van der Waals surface area contributed by atoms with E-state index in [2.05, 4.69) is 0 Å². The summed E-state index contributed by atoms with van der Waals surface area (Å²) in [6.45, 7) is 5.22. The van der Waals surface area contributed by atoms with Crippen LogP contribution in [0.4, 0.5) is 0 Å². The lowest BCUT2D eigenvalue weighted by atomic mass is 9.96. The Labute approximate surface area is 118 Å². The fraction of sp³-hybridized carbons (Fsp3) is 0.786. The minimum atomic E-state index is -0.839. The molecule has 6 nitrogen and oxygen atoms in total.